The molecule has 5 nitrogen and oxygen atoms in total. The zero-order valence-electron chi connectivity index (χ0n) is 14.7. The molecule has 1 aromatic carbocycles. The number of benzene rings is 1. The Morgan fingerprint density at radius 3 is 2.62 bits per heavy atom. The highest BCUT2D eigenvalue weighted by atomic mass is 35.5. The summed E-state index contributed by atoms with van der Waals surface area (Å²) in [5, 5.41) is 10.3. The van der Waals surface area contributed by atoms with Gasteiger partial charge in [0.1, 0.15) is 0 Å². The first-order valence-corrected chi connectivity index (χ1v) is 10.3. The van der Waals surface area contributed by atoms with Crippen molar-refractivity contribution in [3.05, 3.63) is 57.7 Å². The summed E-state index contributed by atoms with van der Waals surface area (Å²) >= 11 is 8.78. The van der Waals surface area contributed by atoms with Gasteiger partial charge in [0.25, 0.3) is 5.91 Å². The summed E-state index contributed by atoms with van der Waals surface area (Å²) in [6.45, 7) is 4.00. The number of aliphatic hydroxyl groups excluding tert-OH is 1. The molecule has 1 aromatic heterocycles. The number of thioether (sulfide) groups is 1. The van der Waals surface area contributed by atoms with Crippen LogP contribution in [0.4, 0.5) is 0 Å². The summed E-state index contributed by atoms with van der Waals surface area (Å²) in [7, 11) is 1.65. The molecule has 0 aliphatic carbocycles. The predicted molar refractivity (Wildman–Crippen MR) is 111 cm³/mol. The molecule has 26 heavy (non-hydrogen) atoms. The number of rotatable bonds is 3. The van der Waals surface area contributed by atoms with E-state index in [1.165, 1.54) is 23.1 Å². The average molecular weight is 410 g/mol. The van der Waals surface area contributed by atoms with Gasteiger partial charge < -0.3 is 5.11 Å². The maximum Gasteiger partial charge on any atom is 0.264 e. The van der Waals surface area contributed by atoms with E-state index in [1.807, 2.05) is 32.0 Å². The summed E-state index contributed by atoms with van der Waals surface area (Å²) in [4.78, 5) is 23.9. The maximum absolute atomic E-state index is 13.1. The van der Waals surface area contributed by atoms with Crippen LogP contribution in [0.2, 0.25) is 4.47 Å². The van der Waals surface area contributed by atoms with Crippen LogP contribution in [0.15, 0.2) is 47.8 Å². The van der Waals surface area contributed by atoms with Crippen LogP contribution in [0.3, 0.4) is 0 Å². The summed E-state index contributed by atoms with van der Waals surface area (Å²) in [5.74, 6) is 0.369. The highest BCUT2D eigenvalue weighted by Crippen LogP contribution is 2.40. The molecule has 1 unspecified atom stereocenters. The molecule has 1 saturated heterocycles. The molecule has 1 aliphatic rings. The van der Waals surface area contributed by atoms with Crippen LogP contribution in [-0.2, 0) is 4.79 Å². The van der Waals surface area contributed by atoms with Crippen molar-refractivity contribution >= 4 is 51.3 Å². The Morgan fingerprint density at radius 2 is 2.08 bits per heavy atom. The zero-order chi connectivity index (χ0) is 19.1. The molecule has 0 radical (unpaired) electrons. The minimum atomic E-state index is -0.302. The molecule has 138 valence electrons. The molecule has 1 N–H and O–H groups in total. The molecule has 1 atom stereocenters. The number of hydrogen-bond donors (Lipinski definition) is 1. The van der Waals surface area contributed by atoms with Crippen LogP contribution >= 0.6 is 34.7 Å². The highest BCUT2D eigenvalue weighted by Gasteiger charge is 2.38. The second-order valence-corrected chi connectivity index (χ2v) is 7.56. The van der Waals surface area contributed by atoms with Crippen molar-refractivity contribution in [1.29, 1.82) is 0 Å². The van der Waals surface area contributed by atoms with Gasteiger partial charge >= 0.3 is 0 Å². The summed E-state index contributed by atoms with van der Waals surface area (Å²) < 4.78 is 0.435. The van der Waals surface area contributed by atoms with Gasteiger partial charge in [0.15, 0.2) is 9.63 Å². The van der Waals surface area contributed by atoms with Gasteiger partial charge in [-0.3, -0.25) is 14.7 Å². The van der Waals surface area contributed by atoms with Gasteiger partial charge in [-0.2, -0.15) is 0 Å². The first-order chi connectivity index (χ1) is 12.7. The van der Waals surface area contributed by atoms with E-state index in [0.717, 1.165) is 11.1 Å². The van der Waals surface area contributed by atoms with Crippen molar-refractivity contribution in [1.82, 2.24) is 9.88 Å². The topological polar surface area (TPSA) is 65.8 Å². The monoisotopic (exact) mass is 409 g/mol. The molecule has 2 aromatic rings. The standard InChI is InChI=1S/C16H14ClN3O2S2.C2H6/c1-18-16-20(12(9-23-16)13-7-19-15(17)24-13)14(22)11(8-21)10-5-3-2-4-6-10;1-2/h2-8,12,21H,9H2,1H3;1-2H3/b11-8+,18-16?;. The van der Waals surface area contributed by atoms with Crippen LogP contribution < -0.4 is 0 Å². The van der Waals surface area contributed by atoms with Crippen molar-refractivity contribution in [3.63, 3.8) is 0 Å². The van der Waals surface area contributed by atoms with E-state index in [4.69, 9.17) is 11.6 Å². The highest BCUT2D eigenvalue weighted by molar-refractivity contribution is 8.14. The number of aromatic nitrogens is 1. The lowest BCUT2D eigenvalue weighted by molar-refractivity contribution is -0.122. The van der Waals surface area contributed by atoms with Crippen molar-refractivity contribution in [2.24, 2.45) is 4.99 Å². The van der Waals surface area contributed by atoms with Gasteiger partial charge in [-0.15, -0.1) is 11.3 Å². The Balaban J connectivity index is 0.00000117. The molecule has 0 spiro atoms. The fraction of sp³-hybridized carbons (Fsp3) is 0.278. The Morgan fingerprint density at radius 1 is 1.38 bits per heavy atom. The third-order valence-corrected chi connectivity index (χ3v) is 5.90. The largest absolute Gasteiger partial charge is 0.515 e. The van der Waals surface area contributed by atoms with E-state index >= 15 is 0 Å². The molecule has 0 saturated carbocycles. The maximum atomic E-state index is 13.1. The summed E-state index contributed by atoms with van der Waals surface area (Å²) in [6.07, 6.45) is 2.53. The molecule has 1 fully saturated rings. The number of halogens is 1. The molecule has 8 heteroatoms. The lowest BCUT2D eigenvalue weighted by Crippen LogP contribution is -2.34. The normalized spacial score (nSPS) is 18.6. The van der Waals surface area contributed by atoms with Crippen molar-refractivity contribution < 1.29 is 9.90 Å². The van der Waals surface area contributed by atoms with Gasteiger partial charge in [-0.25, -0.2) is 4.98 Å². The first kappa shape index (κ1) is 20.5. The second kappa shape index (κ2) is 9.75. The van der Waals surface area contributed by atoms with Crippen LogP contribution in [0.1, 0.15) is 30.3 Å². The fourth-order valence-corrected chi connectivity index (χ4v) is 4.73. The summed E-state index contributed by atoms with van der Waals surface area (Å²) in [5.41, 5.74) is 0.873. The number of hydrogen-bond acceptors (Lipinski definition) is 6. The summed E-state index contributed by atoms with van der Waals surface area (Å²) in [6, 6.07) is 8.86. The van der Waals surface area contributed by atoms with Crippen LogP contribution in [0.25, 0.3) is 5.57 Å². The van der Waals surface area contributed by atoms with Crippen LogP contribution in [0.5, 0.6) is 0 Å². The molecule has 1 amide bonds. The molecule has 0 bridgehead atoms. The molecular formula is C18H20ClN3O2S2. The number of carbonyl (C=O) groups excluding carboxylic acids is 1. The molecule has 1 aliphatic heterocycles. The third-order valence-electron chi connectivity index (χ3n) is 3.57. The molecule has 2 heterocycles. The van der Waals surface area contributed by atoms with E-state index in [1.54, 1.807) is 30.3 Å². The Labute approximate surface area is 166 Å². The number of aliphatic hydroxyl groups is 1. The lowest BCUT2D eigenvalue weighted by atomic mass is 10.1. The van der Waals surface area contributed by atoms with E-state index in [-0.39, 0.29) is 17.5 Å². The van der Waals surface area contributed by atoms with Gasteiger partial charge in [0.05, 0.1) is 17.9 Å². The van der Waals surface area contributed by atoms with Crippen molar-refractivity contribution in [2.45, 2.75) is 19.9 Å². The first-order valence-electron chi connectivity index (χ1n) is 8.10. The third kappa shape index (κ3) is 4.28. The lowest BCUT2D eigenvalue weighted by Gasteiger charge is -2.23. The van der Waals surface area contributed by atoms with E-state index in [9.17, 15) is 9.90 Å². The van der Waals surface area contributed by atoms with E-state index in [0.29, 0.717) is 21.0 Å². The Kier molecular flexibility index (Phi) is 7.68. The van der Waals surface area contributed by atoms with Gasteiger partial charge in [0.2, 0.25) is 0 Å². The van der Waals surface area contributed by atoms with Gasteiger partial charge in [-0.1, -0.05) is 67.5 Å². The average Bonchev–Trinajstić information content (AvgIpc) is 3.30. The van der Waals surface area contributed by atoms with Gasteiger partial charge in [-0.05, 0) is 5.56 Å². The Hall–Kier alpha value is -1.83. The van der Waals surface area contributed by atoms with Gasteiger partial charge in [0, 0.05) is 23.9 Å². The quantitative estimate of drug-likeness (QED) is 0.570. The Bertz CT molecular complexity index is 806. The molecular weight excluding hydrogens is 390 g/mol. The van der Waals surface area contributed by atoms with Crippen LogP contribution in [-0.4, -0.2) is 38.9 Å². The number of amidine groups is 1. The number of amides is 1. The zero-order valence-corrected chi connectivity index (χ0v) is 17.1. The smallest absolute Gasteiger partial charge is 0.264 e. The fourth-order valence-electron chi connectivity index (χ4n) is 2.46. The number of nitrogens with zero attached hydrogens (tertiary/aromatic N) is 3. The number of carbonyl (C=O) groups is 1. The van der Waals surface area contributed by atoms with Crippen molar-refractivity contribution in [3.8, 4) is 0 Å². The second-order valence-electron chi connectivity index (χ2n) is 4.93. The minimum absolute atomic E-state index is 0.204. The molecule has 3 rings (SSSR count). The van der Waals surface area contributed by atoms with Crippen molar-refractivity contribution in [2.75, 3.05) is 12.8 Å². The van der Waals surface area contributed by atoms with E-state index < -0.39 is 0 Å². The SMILES string of the molecule is CC.CN=C1SCC(c2cnc(Cl)s2)N1C(=O)/C(=C/O)c1ccccc1. The minimum Gasteiger partial charge on any atom is -0.515 e. The van der Waals surface area contributed by atoms with Crippen LogP contribution in [0, 0.1) is 0 Å². The van der Waals surface area contributed by atoms with E-state index in [2.05, 4.69) is 9.98 Å². The number of aliphatic imine (C=N–C) groups is 1. The predicted octanol–water partition coefficient (Wildman–Crippen LogP) is 5.02. The number of thiazole rings is 1.